The van der Waals surface area contributed by atoms with Gasteiger partial charge in [0.05, 0.1) is 13.1 Å². The molecule has 1 heteroatoms. The molecule has 0 aliphatic heterocycles. The van der Waals surface area contributed by atoms with Crippen LogP contribution in [0.3, 0.4) is 0 Å². The third-order valence-electron chi connectivity index (χ3n) is 10.0. The van der Waals surface area contributed by atoms with E-state index in [2.05, 4.69) is 98.8 Å². The van der Waals surface area contributed by atoms with E-state index in [4.69, 9.17) is 0 Å². The van der Waals surface area contributed by atoms with Gasteiger partial charge in [-0.05, 0) is 77.0 Å². The number of hydrogen-bond donors (Lipinski definition) is 0. The summed E-state index contributed by atoms with van der Waals surface area (Å²) in [5.74, 6) is 0. The van der Waals surface area contributed by atoms with E-state index in [1.807, 2.05) is 0 Å². The Kier molecular flexibility index (Phi) is 26.2. The van der Waals surface area contributed by atoms with Gasteiger partial charge in [-0.15, -0.1) is 0 Å². The highest BCUT2D eigenvalue weighted by Gasteiger charge is 2.27. The topological polar surface area (TPSA) is 0 Å². The lowest BCUT2D eigenvalue weighted by atomic mass is 10.0. The highest BCUT2D eigenvalue weighted by Crippen LogP contribution is 2.24. The van der Waals surface area contributed by atoms with Crippen molar-refractivity contribution in [2.75, 3.05) is 13.1 Å². The molecule has 0 fully saturated rings. The second-order valence-corrected chi connectivity index (χ2v) is 14.5. The second kappa shape index (κ2) is 30.0. The highest BCUT2D eigenvalue weighted by atomic mass is 15.3. The third-order valence-corrected chi connectivity index (χ3v) is 10.0. The van der Waals surface area contributed by atoms with Gasteiger partial charge in [0.1, 0.15) is 13.1 Å². The van der Waals surface area contributed by atoms with Crippen LogP contribution >= 0.6 is 0 Å². The number of nitrogens with zero attached hydrogens (tertiary/aromatic N) is 1. The molecule has 0 aliphatic rings. The minimum atomic E-state index is 1.15. The van der Waals surface area contributed by atoms with Crippen LogP contribution in [0.15, 0.2) is 85.0 Å². The van der Waals surface area contributed by atoms with Crippen molar-refractivity contribution in [2.24, 2.45) is 0 Å². The lowest BCUT2D eigenvalue weighted by Gasteiger charge is -2.39. The molecule has 264 valence electrons. The largest absolute Gasteiger partial charge is 0.316 e. The second-order valence-electron chi connectivity index (χ2n) is 14.5. The number of quaternary nitrogens is 1. The molecule has 0 aliphatic carbocycles. The Labute approximate surface area is 293 Å². The average molecular weight is 643 g/mol. The van der Waals surface area contributed by atoms with Crippen LogP contribution in [0.5, 0.6) is 0 Å². The van der Waals surface area contributed by atoms with E-state index >= 15 is 0 Å². The molecule has 0 N–H and O–H groups in total. The number of unbranched alkanes of at least 4 members (excludes halogenated alkanes) is 20. The summed E-state index contributed by atoms with van der Waals surface area (Å²) in [6.07, 6.45) is 42.5. The lowest BCUT2D eigenvalue weighted by Crippen LogP contribution is -2.48. The molecular weight excluding hydrogens is 567 g/mol. The standard InChI is InChI=1S/C46H76N/c1-3-5-7-9-11-13-15-17-19-21-23-25-27-35-41-47(43-45-37-31-29-32-38-45,44-46-39-33-30-34-40-46)42-36-28-26-24-22-20-18-16-14-12-10-8-6-4-2/h17-20,29-34,37-40H,3-16,21-28,35-36,41-44H2,1-2H3/q+1/b19-17+,20-18+. The maximum Gasteiger partial charge on any atom is 0.105 e. The minimum absolute atomic E-state index is 1.15. The Hall–Kier alpha value is -2.12. The normalized spacial score (nSPS) is 12.1. The Morgan fingerprint density at radius 1 is 0.362 bits per heavy atom. The van der Waals surface area contributed by atoms with Crippen molar-refractivity contribution < 1.29 is 4.48 Å². The summed E-state index contributed by atoms with van der Waals surface area (Å²) in [5, 5.41) is 0. The fourth-order valence-corrected chi connectivity index (χ4v) is 7.11. The molecule has 0 heterocycles. The Morgan fingerprint density at radius 2 is 0.660 bits per heavy atom. The van der Waals surface area contributed by atoms with Crippen molar-refractivity contribution in [3.05, 3.63) is 96.1 Å². The fraction of sp³-hybridized carbons (Fsp3) is 0.652. The van der Waals surface area contributed by atoms with Crippen LogP contribution in [-0.2, 0) is 13.1 Å². The Balaban J connectivity index is 1.78. The zero-order valence-corrected chi connectivity index (χ0v) is 31.3. The molecule has 0 amide bonds. The quantitative estimate of drug-likeness (QED) is 0.0423. The Morgan fingerprint density at radius 3 is 1.00 bits per heavy atom. The third kappa shape index (κ3) is 23.0. The molecule has 2 rings (SSSR count). The van der Waals surface area contributed by atoms with E-state index in [0.29, 0.717) is 0 Å². The smallest absolute Gasteiger partial charge is 0.105 e. The van der Waals surface area contributed by atoms with Gasteiger partial charge in [0.25, 0.3) is 0 Å². The molecule has 0 spiro atoms. The fourth-order valence-electron chi connectivity index (χ4n) is 7.11. The molecule has 2 aromatic rings. The molecule has 0 unspecified atom stereocenters. The van der Waals surface area contributed by atoms with E-state index in [9.17, 15) is 0 Å². The summed E-state index contributed by atoms with van der Waals surface area (Å²) in [6.45, 7) is 9.48. The van der Waals surface area contributed by atoms with Gasteiger partial charge in [0.15, 0.2) is 0 Å². The molecule has 0 saturated heterocycles. The molecule has 0 saturated carbocycles. The monoisotopic (exact) mass is 643 g/mol. The van der Waals surface area contributed by atoms with Gasteiger partial charge in [-0.2, -0.15) is 0 Å². The maximum absolute atomic E-state index is 2.46. The summed E-state index contributed by atoms with van der Waals surface area (Å²) in [7, 11) is 0. The summed E-state index contributed by atoms with van der Waals surface area (Å²) in [5.41, 5.74) is 2.99. The van der Waals surface area contributed by atoms with Gasteiger partial charge in [-0.1, -0.05) is 176 Å². The summed E-state index contributed by atoms with van der Waals surface area (Å²) in [6, 6.07) is 22.7. The van der Waals surface area contributed by atoms with E-state index in [-0.39, 0.29) is 0 Å². The Bertz CT molecular complexity index is 893. The molecule has 0 bridgehead atoms. The van der Waals surface area contributed by atoms with Crippen LogP contribution in [0.1, 0.15) is 179 Å². The predicted molar refractivity (Wildman–Crippen MR) is 211 cm³/mol. The van der Waals surface area contributed by atoms with Gasteiger partial charge < -0.3 is 4.48 Å². The summed E-state index contributed by atoms with van der Waals surface area (Å²) >= 11 is 0. The SMILES string of the molecule is CCCCCCCC/C=C/CCCCCC[N+](CCCCCC/C=C/CCCCCCCC)(Cc1ccccc1)Cc1ccccc1. The average Bonchev–Trinajstić information content (AvgIpc) is 3.09. The molecule has 0 aromatic heterocycles. The number of allylic oxidation sites excluding steroid dienone is 4. The van der Waals surface area contributed by atoms with Gasteiger partial charge in [-0.25, -0.2) is 0 Å². The first-order valence-corrected chi connectivity index (χ1v) is 20.5. The van der Waals surface area contributed by atoms with Crippen molar-refractivity contribution in [1.82, 2.24) is 0 Å². The van der Waals surface area contributed by atoms with Gasteiger partial charge in [-0.3, -0.25) is 0 Å². The van der Waals surface area contributed by atoms with Crippen molar-refractivity contribution in [1.29, 1.82) is 0 Å². The molecule has 1 nitrogen and oxygen atoms in total. The highest BCUT2D eigenvalue weighted by molar-refractivity contribution is 5.15. The van der Waals surface area contributed by atoms with Crippen molar-refractivity contribution in [3.63, 3.8) is 0 Å². The minimum Gasteiger partial charge on any atom is -0.316 e. The summed E-state index contributed by atoms with van der Waals surface area (Å²) in [4.78, 5) is 0. The van der Waals surface area contributed by atoms with Crippen LogP contribution in [0.4, 0.5) is 0 Å². The molecule has 47 heavy (non-hydrogen) atoms. The van der Waals surface area contributed by atoms with Crippen molar-refractivity contribution in [3.8, 4) is 0 Å². The molecular formula is C46H76N+. The van der Waals surface area contributed by atoms with Crippen LogP contribution < -0.4 is 0 Å². The maximum atomic E-state index is 2.46. The number of hydrogen-bond acceptors (Lipinski definition) is 0. The number of benzene rings is 2. The first-order valence-electron chi connectivity index (χ1n) is 20.5. The zero-order valence-electron chi connectivity index (χ0n) is 31.3. The van der Waals surface area contributed by atoms with Crippen molar-refractivity contribution >= 4 is 0 Å². The van der Waals surface area contributed by atoms with Gasteiger partial charge >= 0.3 is 0 Å². The molecule has 0 atom stereocenters. The van der Waals surface area contributed by atoms with E-state index in [1.54, 1.807) is 0 Å². The van der Waals surface area contributed by atoms with Crippen LogP contribution in [0.2, 0.25) is 0 Å². The first kappa shape index (κ1) is 41.1. The number of rotatable bonds is 32. The predicted octanol–water partition coefficient (Wildman–Crippen LogP) is 14.7. The summed E-state index contributed by atoms with van der Waals surface area (Å²) < 4.78 is 1.20. The van der Waals surface area contributed by atoms with E-state index in [0.717, 1.165) is 13.1 Å². The van der Waals surface area contributed by atoms with E-state index in [1.165, 1.54) is 183 Å². The van der Waals surface area contributed by atoms with Gasteiger partial charge in [0, 0.05) is 11.1 Å². The van der Waals surface area contributed by atoms with Crippen LogP contribution in [-0.4, -0.2) is 17.6 Å². The lowest BCUT2D eigenvalue weighted by molar-refractivity contribution is -0.954. The molecule has 0 radical (unpaired) electrons. The zero-order chi connectivity index (χ0) is 33.4. The first-order chi connectivity index (χ1) is 23.3. The van der Waals surface area contributed by atoms with Crippen LogP contribution in [0, 0.1) is 0 Å². The van der Waals surface area contributed by atoms with E-state index < -0.39 is 0 Å². The van der Waals surface area contributed by atoms with Gasteiger partial charge in [0.2, 0.25) is 0 Å². The van der Waals surface area contributed by atoms with Crippen LogP contribution in [0.25, 0.3) is 0 Å². The molecule has 2 aromatic carbocycles. The van der Waals surface area contributed by atoms with Crippen molar-refractivity contribution in [2.45, 2.75) is 181 Å².